The van der Waals surface area contributed by atoms with Crippen molar-refractivity contribution in [2.45, 2.75) is 6.61 Å². The molecule has 1 aromatic carbocycles. The number of hydrogen-bond donors (Lipinski definition) is 1. The Morgan fingerprint density at radius 1 is 1.39 bits per heavy atom. The van der Waals surface area contributed by atoms with Gasteiger partial charge in [0.15, 0.2) is 0 Å². The molecule has 6 heteroatoms. The molecule has 0 spiro atoms. The summed E-state index contributed by atoms with van der Waals surface area (Å²) in [7, 11) is 0. The van der Waals surface area contributed by atoms with E-state index in [0.717, 1.165) is 4.47 Å². The molecule has 0 fully saturated rings. The van der Waals surface area contributed by atoms with Crippen LogP contribution in [0.2, 0.25) is 5.02 Å². The zero-order valence-electron chi connectivity index (χ0n) is 9.03. The van der Waals surface area contributed by atoms with Crippen LogP contribution in [0.5, 0.6) is 11.6 Å². The Kier molecular flexibility index (Phi) is 4.16. The maximum absolute atomic E-state index is 13.0. The number of pyridine rings is 1. The molecular weight excluding hydrogens is 324 g/mol. The molecule has 0 amide bonds. The Labute approximate surface area is 116 Å². The number of aliphatic hydroxyl groups is 1. The number of nitrogens with zero attached hydrogens (tertiary/aromatic N) is 1. The zero-order valence-corrected chi connectivity index (χ0v) is 11.4. The Balaban J connectivity index is 2.30. The molecule has 1 aromatic heterocycles. The van der Waals surface area contributed by atoms with Crippen molar-refractivity contribution in [3.8, 4) is 11.6 Å². The lowest BCUT2D eigenvalue weighted by Gasteiger charge is -2.09. The molecule has 2 rings (SSSR count). The van der Waals surface area contributed by atoms with Gasteiger partial charge in [0.2, 0.25) is 5.88 Å². The third-order valence-corrected chi connectivity index (χ3v) is 2.89. The average Bonchev–Trinajstić information content (AvgIpc) is 2.36. The molecule has 94 valence electrons. The number of rotatable bonds is 3. The normalized spacial score (nSPS) is 10.4. The van der Waals surface area contributed by atoms with E-state index in [9.17, 15) is 9.50 Å². The summed E-state index contributed by atoms with van der Waals surface area (Å²) in [5.74, 6) is 0.0875. The van der Waals surface area contributed by atoms with Gasteiger partial charge in [0.1, 0.15) is 11.6 Å². The summed E-state index contributed by atoms with van der Waals surface area (Å²) in [6, 6.07) is 5.68. The fourth-order valence-electron chi connectivity index (χ4n) is 1.33. The molecule has 0 unspecified atom stereocenters. The number of ether oxygens (including phenoxy) is 1. The first-order valence-electron chi connectivity index (χ1n) is 4.98. The Morgan fingerprint density at radius 3 is 2.83 bits per heavy atom. The molecule has 0 saturated carbocycles. The first kappa shape index (κ1) is 13.3. The smallest absolute Gasteiger partial charge is 0.224 e. The van der Waals surface area contributed by atoms with E-state index >= 15 is 0 Å². The summed E-state index contributed by atoms with van der Waals surface area (Å²) in [6.07, 6.45) is 1.54. The fraction of sp³-hybridized carbons (Fsp3) is 0.0833. The average molecular weight is 333 g/mol. The number of benzene rings is 1. The molecule has 3 nitrogen and oxygen atoms in total. The second kappa shape index (κ2) is 5.65. The molecule has 0 bridgehead atoms. The van der Waals surface area contributed by atoms with Crippen LogP contribution in [-0.2, 0) is 6.61 Å². The molecule has 18 heavy (non-hydrogen) atoms. The van der Waals surface area contributed by atoms with Gasteiger partial charge in [-0.3, -0.25) is 0 Å². The summed E-state index contributed by atoms with van der Waals surface area (Å²) >= 11 is 8.89. The van der Waals surface area contributed by atoms with Crippen LogP contribution in [0.4, 0.5) is 4.39 Å². The van der Waals surface area contributed by atoms with Gasteiger partial charge in [-0.2, -0.15) is 0 Å². The van der Waals surface area contributed by atoms with Crippen molar-refractivity contribution >= 4 is 27.5 Å². The molecule has 1 N–H and O–H groups in total. The van der Waals surface area contributed by atoms with Gasteiger partial charge in [0, 0.05) is 22.3 Å². The van der Waals surface area contributed by atoms with E-state index in [0.29, 0.717) is 11.3 Å². The van der Waals surface area contributed by atoms with Crippen LogP contribution in [0.1, 0.15) is 5.56 Å². The van der Waals surface area contributed by atoms with Crippen LogP contribution in [0, 0.1) is 5.82 Å². The van der Waals surface area contributed by atoms with E-state index in [2.05, 4.69) is 20.9 Å². The van der Waals surface area contributed by atoms with Gasteiger partial charge >= 0.3 is 0 Å². The third kappa shape index (κ3) is 2.98. The SMILES string of the molecule is OCc1cc(Br)cnc1Oc1ccc(F)c(Cl)c1. The summed E-state index contributed by atoms with van der Waals surface area (Å²) in [5.41, 5.74) is 0.518. The van der Waals surface area contributed by atoms with Crippen LogP contribution in [0.25, 0.3) is 0 Å². The van der Waals surface area contributed by atoms with Gasteiger partial charge in [0.25, 0.3) is 0 Å². The van der Waals surface area contributed by atoms with E-state index < -0.39 is 5.82 Å². The maximum Gasteiger partial charge on any atom is 0.224 e. The molecule has 2 aromatic rings. The monoisotopic (exact) mass is 331 g/mol. The predicted octanol–water partition coefficient (Wildman–Crippen LogP) is 3.92. The van der Waals surface area contributed by atoms with E-state index in [-0.39, 0.29) is 17.5 Å². The molecule has 0 radical (unpaired) electrons. The van der Waals surface area contributed by atoms with Crippen molar-refractivity contribution in [1.82, 2.24) is 4.98 Å². The lowest BCUT2D eigenvalue weighted by molar-refractivity contribution is 0.275. The standard InChI is InChI=1S/C12H8BrClFNO2/c13-8-3-7(6-17)12(16-5-8)18-9-1-2-11(15)10(14)4-9/h1-5,17H,6H2. The van der Waals surface area contributed by atoms with Crippen LogP contribution in [0.15, 0.2) is 34.9 Å². The first-order chi connectivity index (χ1) is 8.60. The molecule has 0 aliphatic heterocycles. The van der Waals surface area contributed by atoms with Gasteiger partial charge in [-0.05, 0) is 34.1 Å². The van der Waals surface area contributed by atoms with Crippen LogP contribution < -0.4 is 4.74 Å². The van der Waals surface area contributed by atoms with Crippen molar-refractivity contribution < 1.29 is 14.2 Å². The highest BCUT2D eigenvalue weighted by atomic mass is 79.9. The Morgan fingerprint density at radius 2 is 2.17 bits per heavy atom. The topological polar surface area (TPSA) is 42.4 Å². The third-order valence-electron chi connectivity index (χ3n) is 2.17. The van der Waals surface area contributed by atoms with Gasteiger partial charge in [-0.1, -0.05) is 11.6 Å². The van der Waals surface area contributed by atoms with Crippen LogP contribution >= 0.6 is 27.5 Å². The number of aromatic nitrogens is 1. The second-order valence-corrected chi connectivity index (χ2v) is 4.78. The lowest BCUT2D eigenvalue weighted by Crippen LogP contribution is -1.95. The van der Waals surface area contributed by atoms with Crippen LogP contribution in [-0.4, -0.2) is 10.1 Å². The van der Waals surface area contributed by atoms with Gasteiger partial charge in [-0.15, -0.1) is 0 Å². The molecular formula is C12H8BrClFNO2. The Bertz CT molecular complexity index is 580. The summed E-state index contributed by atoms with van der Waals surface area (Å²) in [5, 5.41) is 9.16. The van der Waals surface area contributed by atoms with E-state index in [4.69, 9.17) is 16.3 Å². The lowest BCUT2D eigenvalue weighted by atomic mass is 10.3. The number of hydrogen-bond acceptors (Lipinski definition) is 3. The Hall–Kier alpha value is -1.17. The van der Waals surface area contributed by atoms with Crippen molar-refractivity contribution in [3.05, 3.63) is 51.3 Å². The van der Waals surface area contributed by atoms with Crippen molar-refractivity contribution in [1.29, 1.82) is 0 Å². The highest BCUT2D eigenvalue weighted by Gasteiger charge is 2.08. The van der Waals surface area contributed by atoms with Gasteiger partial charge < -0.3 is 9.84 Å². The quantitative estimate of drug-likeness (QED) is 0.926. The molecule has 0 saturated heterocycles. The molecule has 0 aliphatic carbocycles. The summed E-state index contributed by atoms with van der Waals surface area (Å²) < 4.78 is 19.2. The second-order valence-electron chi connectivity index (χ2n) is 3.45. The fourth-order valence-corrected chi connectivity index (χ4v) is 1.88. The van der Waals surface area contributed by atoms with E-state index in [1.54, 1.807) is 12.3 Å². The largest absolute Gasteiger partial charge is 0.439 e. The highest BCUT2D eigenvalue weighted by molar-refractivity contribution is 9.10. The molecule has 0 aliphatic rings. The van der Waals surface area contributed by atoms with Crippen molar-refractivity contribution in [3.63, 3.8) is 0 Å². The minimum absolute atomic E-state index is 0.0323. The van der Waals surface area contributed by atoms with Crippen molar-refractivity contribution in [2.24, 2.45) is 0 Å². The summed E-state index contributed by atoms with van der Waals surface area (Å²) in [6.45, 7) is -0.212. The van der Waals surface area contributed by atoms with Gasteiger partial charge in [-0.25, -0.2) is 9.37 Å². The van der Waals surface area contributed by atoms with E-state index in [1.165, 1.54) is 18.2 Å². The predicted molar refractivity (Wildman–Crippen MR) is 69.3 cm³/mol. The zero-order chi connectivity index (χ0) is 13.1. The number of aliphatic hydroxyl groups excluding tert-OH is 1. The first-order valence-corrected chi connectivity index (χ1v) is 6.15. The number of halogens is 3. The maximum atomic E-state index is 13.0. The minimum Gasteiger partial charge on any atom is -0.439 e. The molecule has 1 heterocycles. The van der Waals surface area contributed by atoms with Crippen LogP contribution in [0.3, 0.4) is 0 Å². The minimum atomic E-state index is -0.518. The molecule has 0 atom stereocenters. The van der Waals surface area contributed by atoms with Gasteiger partial charge in [0.05, 0.1) is 11.6 Å². The summed E-state index contributed by atoms with van der Waals surface area (Å²) in [4.78, 5) is 4.03. The van der Waals surface area contributed by atoms with Crippen molar-refractivity contribution in [2.75, 3.05) is 0 Å². The highest BCUT2D eigenvalue weighted by Crippen LogP contribution is 2.28. The van der Waals surface area contributed by atoms with E-state index in [1.807, 2.05) is 0 Å².